The van der Waals surface area contributed by atoms with Crippen LogP contribution < -0.4 is 4.74 Å². The van der Waals surface area contributed by atoms with E-state index in [9.17, 15) is 14.4 Å². The van der Waals surface area contributed by atoms with Crippen LogP contribution in [0.4, 0.5) is 0 Å². The SMILES string of the molecule is COc1ccc(/C=C2/SC(N3CCN(C(=O)CCN4C(=O)/C(=C\c5ccco5)SC4=S)CC3)=NC2=O)cc1. The number of amides is 3. The number of hydrogen-bond acceptors (Lipinski definition) is 9. The Balaban J connectivity index is 1.10. The third-order valence-corrected chi connectivity index (χ3v) is 8.59. The Morgan fingerprint density at radius 2 is 1.84 bits per heavy atom. The molecule has 2 fully saturated rings. The number of carbonyl (C=O) groups excluding carboxylic acids is 3. The standard InChI is InChI=1S/C26H24N4O5S3/c1-34-18-6-4-17(5-7-18)15-20-23(32)27-25(37-20)29-12-10-28(11-13-29)22(31)8-9-30-24(33)21(38-26(30)36)16-19-3-2-14-35-19/h2-7,14-16H,8-13H2,1H3/b20-15+,21-16+. The van der Waals surface area contributed by atoms with Gasteiger partial charge in [-0.05, 0) is 47.7 Å². The molecule has 2 saturated heterocycles. The number of piperazine rings is 1. The number of carbonyl (C=O) groups is 3. The van der Waals surface area contributed by atoms with Gasteiger partial charge in [0.1, 0.15) is 15.8 Å². The molecule has 9 nitrogen and oxygen atoms in total. The number of hydrogen-bond donors (Lipinski definition) is 0. The smallest absolute Gasteiger partial charge is 0.286 e. The highest BCUT2D eigenvalue weighted by Gasteiger charge is 2.34. The number of methoxy groups -OCH3 is 1. The Morgan fingerprint density at radius 1 is 1.08 bits per heavy atom. The first-order chi connectivity index (χ1) is 18.4. The van der Waals surface area contributed by atoms with E-state index in [1.165, 1.54) is 28.4 Å². The third-order valence-electron chi connectivity index (χ3n) is 6.17. The van der Waals surface area contributed by atoms with Crippen molar-refractivity contribution in [3.8, 4) is 5.75 Å². The fourth-order valence-electron chi connectivity index (χ4n) is 4.09. The van der Waals surface area contributed by atoms with Gasteiger partial charge in [-0.3, -0.25) is 19.3 Å². The summed E-state index contributed by atoms with van der Waals surface area (Å²) in [6, 6.07) is 11.0. The van der Waals surface area contributed by atoms with Crippen molar-refractivity contribution in [2.24, 2.45) is 4.99 Å². The molecule has 0 aliphatic carbocycles. The fourth-order valence-corrected chi connectivity index (χ4v) is 6.35. The average molecular weight is 569 g/mol. The van der Waals surface area contributed by atoms with Crippen molar-refractivity contribution in [2.75, 3.05) is 39.8 Å². The maximum atomic E-state index is 12.9. The number of furan rings is 1. The first kappa shape index (κ1) is 26.3. The van der Waals surface area contributed by atoms with Crippen LogP contribution in [0, 0.1) is 0 Å². The molecule has 0 saturated carbocycles. The lowest BCUT2D eigenvalue weighted by Gasteiger charge is -2.35. The Bertz CT molecular complexity index is 1340. The van der Waals surface area contributed by atoms with Crippen molar-refractivity contribution in [1.82, 2.24) is 14.7 Å². The number of thioether (sulfide) groups is 2. The summed E-state index contributed by atoms with van der Waals surface area (Å²) in [6.07, 6.45) is 5.20. The zero-order chi connectivity index (χ0) is 26.6. The van der Waals surface area contributed by atoms with Gasteiger partial charge in [0.25, 0.3) is 11.8 Å². The fraction of sp³-hybridized carbons (Fsp3) is 0.269. The molecule has 12 heteroatoms. The zero-order valence-corrected chi connectivity index (χ0v) is 22.9. The molecule has 3 amide bonds. The molecule has 0 radical (unpaired) electrons. The van der Waals surface area contributed by atoms with Crippen molar-refractivity contribution < 1.29 is 23.5 Å². The lowest BCUT2D eigenvalue weighted by molar-refractivity contribution is -0.133. The molecule has 4 heterocycles. The minimum atomic E-state index is -0.260. The van der Waals surface area contributed by atoms with E-state index in [1.807, 2.05) is 35.2 Å². The minimum Gasteiger partial charge on any atom is -0.497 e. The molecule has 0 bridgehead atoms. The number of rotatable bonds is 6. The summed E-state index contributed by atoms with van der Waals surface area (Å²) >= 11 is 7.92. The first-order valence-corrected chi connectivity index (χ1v) is 13.9. The number of amidine groups is 1. The third kappa shape index (κ3) is 5.87. The molecular formula is C26H24N4O5S3. The molecule has 3 aliphatic heterocycles. The van der Waals surface area contributed by atoms with Gasteiger partial charge < -0.3 is 19.0 Å². The van der Waals surface area contributed by atoms with Crippen molar-refractivity contribution in [3.63, 3.8) is 0 Å². The summed E-state index contributed by atoms with van der Waals surface area (Å²) in [5, 5.41) is 0.655. The lowest BCUT2D eigenvalue weighted by atomic mass is 10.2. The van der Waals surface area contributed by atoms with Crippen LogP contribution in [0.1, 0.15) is 17.7 Å². The van der Waals surface area contributed by atoms with E-state index in [0.29, 0.717) is 51.2 Å². The van der Waals surface area contributed by atoms with E-state index in [4.69, 9.17) is 21.4 Å². The van der Waals surface area contributed by atoms with Crippen molar-refractivity contribution in [1.29, 1.82) is 0 Å². The summed E-state index contributed by atoms with van der Waals surface area (Å²) in [7, 11) is 1.61. The van der Waals surface area contributed by atoms with E-state index in [-0.39, 0.29) is 30.7 Å². The summed E-state index contributed by atoms with van der Waals surface area (Å²) < 4.78 is 10.9. The second kappa shape index (κ2) is 11.6. The molecule has 5 rings (SSSR count). The van der Waals surface area contributed by atoms with Gasteiger partial charge in [0.2, 0.25) is 5.91 Å². The summed E-state index contributed by atoms with van der Waals surface area (Å²) in [5.74, 6) is 0.819. The summed E-state index contributed by atoms with van der Waals surface area (Å²) in [5.41, 5.74) is 0.895. The Hall–Kier alpha value is -3.35. The van der Waals surface area contributed by atoms with E-state index >= 15 is 0 Å². The topological polar surface area (TPSA) is 95.7 Å². The Morgan fingerprint density at radius 3 is 2.53 bits per heavy atom. The highest BCUT2D eigenvalue weighted by Crippen LogP contribution is 2.33. The van der Waals surface area contributed by atoms with Gasteiger partial charge in [0.15, 0.2) is 5.17 Å². The molecule has 38 heavy (non-hydrogen) atoms. The number of ether oxygens (including phenoxy) is 1. The first-order valence-electron chi connectivity index (χ1n) is 11.9. The van der Waals surface area contributed by atoms with E-state index in [1.54, 1.807) is 36.5 Å². The van der Waals surface area contributed by atoms with Crippen LogP contribution in [-0.2, 0) is 14.4 Å². The van der Waals surface area contributed by atoms with E-state index < -0.39 is 0 Å². The lowest BCUT2D eigenvalue weighted by Crippen LogP contribution is -2.50. The van der Waals surface area contributed by atoms with Crippen LogP contribution in [0.25, 0.3) is 12.2 Å². The largest absolute Gasteiger partial charge is 0.497 e. The van der Waals surface area contributed by atoms with Crippen LogP contribution in [0.15, 0.2) is 61.9 Å². The molecule has 1 aromatic carbocycles. The maximum Gasteiger partial charge on any atom is 0.286 e. The molecule has 1 aromatic heterocycles. The molecule has 3 aliphatic rings. The van der Waals surface area contributed by atoms with Gasteiger partial charge in [-0.25, -0.2) is 0 Å². The van der Waals surface area contributed by atoms with Crippen LogP contribution in [0.2, 0.25) is 0 Å². The van der Waals surface area contributed by atoms with Gasteiger partial charge in [-0.2, -0.15) is 4.99 Å². The van der Waals surface area contributed by atoms with Crippen LogP contribution in [-0.4, -0.2) is 81.7 Å². The van der Waals surface area contributed by atoms with Gasteiger partial charge >= 0.3 is 0 Å². The van der Waals surface area contributed by atoms with Crippen LogP contribution >= 0.6 is 35.7 Å². The second-order valence-corrected chi connectivity index (χ2v) is 11.2. The predicted octanol–water partition coefficient (Wildman–Crippen LogP) is 3.69. The van der Waals surface area contributed by atoms with Gasteiger partial charge in [0, 0.05) is 45.2 Å². The Labute approximate surface area is 233 Å². The van der Waals surface area contributed by atoms with Gasteiger partial charge in [-0.15, -0.1) is 0 Å². The molecule has 0 atom stereocenters. The average Bonchev–Trinajstić information content (AvgIpc) is 3.64. The minimum absolute atomic E-state index is 0.0362. The molecule has 0 N–H and O–H groups in total. The normalized spacial score (nSPS) is 20.2. The Kier molecular flexibility index (Phi) is 8.01. The van der Waals surface area contributed by atoms with Gasteiger partial charge in [-0.1, -0.05) is 36.1 Å². The van der Waals surface area contributed by atoms with Crippen molar-refractivity contribution in [2.45, 2.75) is 6.42 Å². The summed E-state index contributed by atoms with van der Waals surface area (Å²) in [4.78, 5) is 48.6. The number of aliphatic imine (C=N–C) groups is 1. The molecule has 196 valence electrons. The van der Waals surface area contributed by atoms with Crippen molar-refractivity contribution >= 4 is 75.1 Å². The number of thiocarbonyl (C=S) groups is 1. The number of nitrogens with zero attached hydrogens (tertiary/aromatic N) is 4. The molecule has 0 spiro atoms. The van der Waals surface area contributed by atoms with E-state index in [0.717, 1.165) is 11.3 Å². The maximum absolute atomic E-state index is 12.9. The highest BCUT2D eigenvalue weighted by atomic mass is 32.2. The quantitative estimate of drug-likeness (QED) is 0.382. The predicted molar refractivity (Wildman–Crippen MR) is 152 cm³/mol. The van der Waals surface area contributed by atoms with Crippen LogP contribution in [0.5, 0.6) is 5.75 Å². The monoisotopic (exact) mass is 568 g/mol. The highest BCUT2D eigenvalue weighted by molar-refractivity contribution is 8.26. The zero-order valence-electron chi connectivity index (χ0n) is 20.5. The van der Waals surface area contributed by atoms with Crippen molar-refractivity contribution in [3.05, 3.63) is 63.8 Å². The molecule has 0 unspecified atom stereocenters. The summed E-state index contributed by atoms with van der Waals surface area (Å²) in [6.45, 7) is 2.42. The molecule has 2 aromatic rings. The van der Waals surface area contributed by atoms with Gasteiger partial charge in [0.05, 0.1) is 23.2 Å². The second-order valence-electron chi connectivity index (χ2n) is 8.55. The number of benzene rings is 1. The molecular weight excluding hydrogens is 545 g/mol. The van der Waals surface area contributed by atoms with Crippen LogP contribution in [0.3, 0.4) is 0 Å². The van der Waals surface area contributed by atoms with E-state index in [2.05, 4.69) is 4.99 Å².